The lowest BCUT2D eigenvalue weighted by Gasteiger charge is -2.24. The number of rotatable bonds is 5. The number of benzene rings is 1. The summed E-state index contributed by atoms with van der Waals surface area (Å²) in [4.78, 5) is 26.4. The van der Waals surface area contributed by atoms with Crippen LogP contribution in [0.4, 0.5) is 5.69 Å². The molecule has 2 amide bonds. The van der Waals surface area contributed by atoms with Crippen LogP contribution in [0.25, 0.3) is 0 Å². The van der Waals surface area contributed by atoms with E-state index in [1.54, 1.807) is 51.2 Å². The lowest BCUT2D eigenvalue weighted by atomic mass is 10.2. The van der Waals surface area contributed by atoms with Gasteiger partial charge in [-0.2, -0.15) is 5.10 Å². The zero-order valence-corrected chi connectivity index (χ0v) is 16.2. The standard InChI is InChI=1S/C17H22N4O4S/c1-12-16(13(2)20(4)18-12)21(26(5,24)25)15(22)11-19(3)17(23)14-9-7-6-8-10-14/h6-10H,11H2,1-5H3. The third kappa shape index (κ3) is 3.93. The van der Waals surface area contributed by atoms with E-state index >= 15 is 0 Å². The molecule has 0 fully saturated rings. The molecule has 0 aliphatic rings. The van der Waals surface area contributed by atoms with Crippen molar-refractivity contribution < 1.29 is 18.0 Å². The Morgan fingerprint density at radius 1 is 1.15 bits per heavy atom. The second-order valence-corrected chi connectivity index (χ2v) is 7.92. The van der Waals surface area contributed by atoms with Gasteiger partial charge in [-0.1, -0.05) is 18.2 Å². The van der Waals surface area contributed by atoms with Crippen LogP contribution in [0.5, 0.6) is 0 Å². The highest BCUT2D eigenvalue weighted by molar-refractivity contribution is 7.92. The molecule has 2 rings (SSSR count). The fraction of sp³-hybridized carbons (Fsp3) is 0.353. The number of hydrogen-bond donors (Lipinski definition) is 0. The van der Waals surface area contributed by atoms with E-state index in [0.29, 0.717) is 17.0 Å². The molecule has 0 aliphatic carbocycles. The average molecular weight is 378 g/mol. The molecule has 26 heavy (non-hydrogen) atoms. The van der Waals surface area contributed by atoms with Crippen LogP contribution >= 0.6 is 0 Å². The number of hydrogen-bond acceptors (Lipinski definition) is 5. The number of carbonyl (C=O) groups is 2. The predicted octanol–water partition coefficient (Wildman–Crippen LogP) is 1.10. The number of sulfonamides is 1. The molecule has 0 N–H and O–H groups in total. The molecular weight excluding hydrogens is 356 g/mol. The number of aryl methyl sites for hydroxylation is 2. The van der Waals surface area contributed by atoms with Crippen molar-refractivity contribution >= 4 is 27.5 Å². The van der Waals surface area contributed by atoms with E-state index in [1.807, 2.05) is 0 Å². The molecule has 0 bridgehead atoms. The molecule has 0 saturated heterocycles. The van der Waals surface area contributed by atoms with E-state index < -0.39 is 15.9 Å². The van der Waals surface area contributed by atoms with Crippen molar-refractivity contribution in [2.75, 3.05) is 24.2 Å². The van der Waals surface area contributed by atoms with Gasteiger partial charge in [0.05, 0.1) is 17.6 Å². The lowest BCUT2D eigenvalue weighted by Crippen LogP contribution is -2.44. The van der Waals surface area contributed by atoms with Crippen LogP contribution < -0.4 is 4.31 Å². The summed E-state index contributed by atoms with van der Waals surface area (Å²) in [5, 5.41) is 4.17. The third-order valence-corrected chi connectivity index (χ3v) is 5.02. The molecule has 0 spiro atoms. The number of aromatic nitrogens is 2. The smallest absolute Gasteiger partial charge is 0.260 e. The molecule has 0 atom stereocenters. The van der Waals surface area contributed by atoms with Crippen molar-refractivity contribution in [3.63, 3.8) is 0 Å². The Balaban J connectivity index is 2.33. The van der Waals surface area contributed by atoms with Crippen LogP contribution in [0.1, 0.15) is 21.7 Å². The minimum Gasteiger partial charge on any atom is -0.332 e. The first-order chi connectivity index (χ1) is 12.0. The Bertz CT molecular complexity index is 935. The van der Waals surface area contributed by atoms with E-state index in [2.05, 4.69) is 5.10 Å². The van der Waals surface area contributed by atoms with Gasteiger partial charge in [-0.15, -0.1) is 0 Å². The van der Waals surface area contributed by atoms with Crippen LogP contribution in [-0.2, 0) is 21.9 Å². The molecule has 1 heterocycles. The third-order valence-electron chi connectivity index (χ3n) is 3.97. The summed E-state index contributed by atoms with van der Waals surface area (Å²) < 4.78 is 26.8. The zero-order valence-electron chi connectivity index (χ0n) is 15.4. The Labute approximate surface area is 153 Å². The number of likely N-dealkylation sites (N-methyl/N-ethyl adjacent to an activating group) is 1. The van der Waals surface area contributed by atoms with Gasteiger partial charge in [0.25, 0.3) is 11.8 Å². The Morgan fingerprint density at radius 3 is 2.19 bits per heavy atom. The van der Waals surface area contributed by atoms with Crippen LogP contribution in [-0.4, -0.2) is 54.8 Å². The molecule has 0 saturated carbocycles. The number of anilines is 1. The maximum absolute atomic E-state index is 12.8. The topological polar surface area (TPSA) is 92.6 Å². The molecular formula is C17H22N4O4S. The van der Waals surface area contributed by atoms with E-state index in [-0.39, 0.29) is 18.1 Å². The molecule has 9 heteroatoms. The largest absolute Gasteiger partial charge is 0.332 e. The van der Waals surface area contributed by atoms with Crippen LogP contribution in [0, 0.1) is 13.8 Å². The summed E-state index contributed by atoms with van der Waals surface area (Å²) in [5.74, 6) is -1.09. The fourth-order valence-electron chi connectivity index (χ4n) is 2.67. The van der Waals surface area contributed by atoms with Gasteiger partial charge < -0.3 is 4.90 Å². The minimum atomic E-state index is -3.89. The van der Waals surface area contributed by atoms with Crippen molar-refractivity contribution in [1.82, 2.24) is 14.7 Å². The van der Waals surface area contributed by atoms with Gasteiger partial charge in [-0.05, 0) is 26.0 Å². The molecule has 0 aliphatic heterocycles. The van der Waals surface area contributed by atoms with Crippen molar-refractivity contribution in [2.24, 2.45) is 7.05 Å². The van der Waals surface area contributed by atoms with Crippen LogP contribution in [0.3, 0.4) is 0 Å². The summed E-state index contributed by atoms with van der Waals surface area (Å²) in [5.41, 5.74) is 1.60. The molecule has 0 radical (unpaired) electrons. The zero-order chi connectivity index (χ0) is 19.6. The lowest BCUT2D eigenvalue weighted by molar-refractivity contribution is -0.117. The SMILES string of the molecule is Cc1nn(C)c(C)c1N(C(=O)CN(C)C(=O)c1ccccc1)S(C)(=O)=O. The van der Waals surface area contributed by atoms with Gasteiger partial charge >= 0.3 is 0 Å². The van der Waals surface area contributed by atoms with Crippen molar-refractivity contribution in [1.29, 1.82) is 0 Å². The first-order valence-corrected chi connectivity index (χ1v) is 9.72. The molecule has 1 aromatic carbocycles. The number of nitrogens with zero attached hydrogens (tertiary/aromatic N) is 4. The predicted molar refractivity (Wildman–Crippen MR) is 98.4 cm³/mol. The Hall–Kier alpha value is -2.68. The monoisotopic (exact) mass is 378 g/mol. The normalized spacial score (nSPS) is 11.3. The number of amides is 2. The summed E-state index contributed by atoms with van der Waals surface area (Å²) in [6.45, 7) is 2.93. The van der Waals surface area contributed by atoms with Crippen LogP contribution in [0.15, 0.2) is 30.3 Å². The average Bonchev–Trinajstić information content (AvgIpc) is 2.80. The second kappa shape index (κ2) is 7.28. The molecule has 8 nitrogen and oxygen atoms in total. The van der Waals surface area contributed by atoms with E-state index in [4.69, 9.17) is 0 Å². The second-order valence-electron chi connectivity index (χ2n) is 6.09. The summed E-state index contributed by atoms with van der Waals surface area (Å²) in [7, 11) is -0.769. The summed E-state index contributed by atoms with van der Waals surface area (Å²) in [6, 6.07) is 8.48. The van der Waals surface area contributed by atoms with Crippen molar-refractivity contribution in [3.05, 3.63) is 47.3 Å². The quantitative estimate of drug-likeness (QED) is 0.777. The minimum absolute atomic E-state index is 0.223. The highest BCUT2D eigenvalue weighted by Crippen LogP contribution is 2.26. The van der Waals surface area contributed by atoms with Crippen molar-refractivity contribution in [2.45, 2.75) is 13.8 Å². The molecule has 1 aromatic heterocycles. The summed E-state index contributed by atoms with van der Waals surface area (Å²) in [6.07, 6.45) is 0.954. The highest BCUT2D eigenvalue weighted by atomic mass is 32.2. The summed E-state index contributed by atoms with van der Waals surface area (Å²) >= 11 is 0. The first-order valence-electron chi connectivity index (χ1n) is 7.88. The van der Waals surface area contributed by atoms with E-state index in [9.17, 15) is 18.0 Å². The van der Waals surface area contributed by atoms with E-state index in [0.717, 1.165) is 10.6 Å². The molecule has 140 valence electrons. The first kappa shape index (κ1) is 19.6. The highest BCUT2D eigenvalue weighted by Gasteiger charge is 2.31. The van der Waals surface area contributed by atoms with Gasteiger partial charge in [-0.25, -0.2) is 12.7 Å². The fourth-order valence-corrected chi connectivity index (χ4v) is 3.70. The van der Waals surface area contributed by atoms with E-state index in [1.165, 1.54) is 16.6 Å². The molecule has 0 unspecified atom stereocenters. The number of carbonyl (C=O) groups excluding carboxylic acids is 2. The maximum atomic E-state index is 12.8. The van der Waals surface area contributed by atoms with Gasteiger partial charge in [-0.3, -0.25) is 14.3 Å². The van der Waals surface area contributed by atoms with Gasteiger partial charge in [0.1, 0.15) is 12.2 Å². The van der Waals surface area contributed by atoms with Crippen molar-refractivity contribution in [3.8, 4) is 0 Å². The Morgan fingerprint density at radius 2 is 1.73 bits per heavy atom. The Kier molecular flexibility index (Phi) is 5.50. The van der Waals surface area contributed by atoms with Gasteiger partial charge in [0, 0.05) is 19.7 Å². The van der Waals surface area contributed by atoms with Gasteiger partial charge in [0.15, 0.2) is 0 Å². The molecule has 2 aromatic rings. The maximum Gasteiger partial charge on any atom is 0.260 e. The van der Waals surface area contributed by atoms with Gasteiger partial charge in [0.2, 0.25) is 10.0 Å². The van der Waals surface area contributed by atoms with Crippen LogP contribution in [0.2, 0.25) is 0 Å².